The molecular weight excluding hydrogens is 196 g/mol. The third-order valence-corrected chi connectivity index (χ3v) is 3.51. The maximum Gasteiger partial charge on any atom is 0.229 e. The van der Waals surface area contributed by atoms with Crippen LogP contribution in [-0.2, 0) is 4.79 Å². The van der Waals surface area contributed by atoms with Crippen molar-refractivity contribution in [3.8, 4) is 0 Å². The molecule has 1 aliphatic rings. The Hall–Kier alpha value is -0.900. The van der Waals surface area contributed by atoms with Gasteiger partial charge in [-0.15, -0.1) is 11.3 Å². The second-order valence-electron chi connectivity index (χ2n) is 4.51. The molecule has 1 N–H and O–H groups in total. The average Bonchev–Trinajstić information content (AvgIpc) is 2.51. The third kappa shape index (κ3) is 1.80. The third-order valence-electron chi connectivity index (χ3n) is 2.68. The number of thiazole rings is 1. The van der Waals surface area contributed by atoms with Crippen molar-refractivity contribution in [1.82, 2.24) is 4.98 Å². The number of aromatic nitrogens is 1. The zero-order valence-corrected chi connectivity index (χ0v) is 9.44. The summed E-state index contributed by atoms with van der Waals surface area (Å²) >= 11 is 1.52. The smallest absolute Gasteiger partial charge is 0.229 e. The Balaban J connectivity index is 1.96. The van der Waals surface area contributed by atoms with Gasteiger partial charge in [0.05, 0.1) is 0 Å². The molecule has 1 heterocycles. The summed E-state index contributed by atoms with van der Waals surface area (Å²) in [6.45, 7) is 6.21. The lowest BCUT2D eigenvalue weighted by Gasteiger charge is -2.02. The van der Waals surface area contributed by atoms with E-state index >= 15 is 0 Å². The molecule has 1 fully saturated rings. The number of aryl methyl sites for hydroxylation is 1. The minimum absolute atomic E-state index is 0.115. The van der Waals surface area contributed by atoms with Crippen molar-refractivity contribution in [1.29, 1.82) is 0 Å². The molecule has 0 bridgehead atoms. The van der Waals surface area contributed by atoms with Gasteiger partial charge in [0, 0.05) is 17.0 Å². The van der Waals surface area contributed by atoms with Crippen LogP contribution in [0.15, 0.2) is 6.20 Å². The molecule has 1 saturated carbocycles. The van der Waals surface area contributed by atoms with Crippen molar-refractivity contribution in [2.45, 2.75) is 27.2 Å². The van der Waals surface area contributed by atoms with Crippen LogP contribution < -0.4 is 5.32 Å². The second-order valence-corrected chi connectivity index (χ2v) is 5.75. The van der Waals surface area contributed by atoms with Crippen molar-refractivity contribution in [2.24, 2.45) is 11.3 Å². The normalized spacial score (nSPS) is 23.2. The van der Waals surface area contributed by atoms with E-state index in [9.17, 15) is 4.79 Å². The van der Waals surface area contributed by atoms with E-state index in [-0.39, 0.29) is 17.2 Å². The van der Waals surface area contributed by atoms with E-state index in [4.69, 9.17) is 0 Å². The van der Waals surface area contributed by atoms with Crippen LogP contribution in [0.3, 0.4) is 0 Å². The van der Waals surface area contributed by atoms with Crippen LogP contribution >= 0.6 is 11.3 Å². The van der Waals surface area contributed by atoms with E-state index in [1.54, 1.807) is 6.20 Å². The summed E-state index contributed by atoms with van der Waals surface area (Å²) in [4.78, 5) is 16.9. The van der Waals surface area contributed by atoms with Gasteiger partial charge in [-0.2, -0.15) is 0 Å². The van der Waals surface area contributed by atoms with Crippen LogP contribution in [0.1, 0.15) is 25.1 Å². The van der Waals surface area contributed by atoms with Gasteiger partial charge >= 0.3 is 0 Å². The molecule has 1 atom stereocenters. The number of carbonyl (C=O) groups is 1. The molecule has 3 nitrogen and oxygen atoms in total. The lowest BCUT2D eigenvalue weighted by Crippen LogP contribution is -2.16. The summed E-state index contributed by atoms with van der Waals surface area (Å²) in [6, 6.07) is 0. The summed E-state index contributed by atoms with van der Waals surface area (Å²) in [5.41, 5.74) is 0.191. The van der Waals surface area contributed by atoms with Gasteiger partial charge in [0.15, 0.2) is 5.13 Å². The Morgan fingerprint density at radius 3 is 2.79 bits per heavy atom. The van der Waals surface area contributed by atoms with E-state index in [0.717, 1.165) is 16.4 Å². The van der Waals surface area contributed by atoms with E-state index in [0.29, 0.717) is 0 Å². The van der Waals surface area contributed by atoms with Crippen LogP contribution in [0.5, 0.6) is 0 Å². The minimum atomic E-state index is 0.115. The largest absolute Gasteiger partial charge is 0.302 e. The number of nitrogens with zero attached hydrogens (tertiary/aromatic N) is 1. The van der Waals surface area contributed by atoms with Crippen LogP contribution in [0.25, 0.3) is 0 Å². The van der Waals surface area contributed by atoms with E-state index in [1.807, 2.05) is 6.92 Å². The number of amides is 1. The van der Waals surface area contributed by atoms with Gasteiger partial charge in [0.2, 0.25) is 5.91 Å². The van der Waals surface area contributed by atoms with Gasteiger partial charge < -0.3 is 5.32 Å². The van der Waals surface area contributed by atoms with Crippen molar-refractivity contribution >= 4 is 22.4 Å². The molecule has 14 heavy (non-hydrogen) atoms. The van der Waals surface area contributed by atoms with Crippen molar-refractivity contribution < 1.29 is 4.79 Å². The molecule has 0 spiro atoms. The number of hydrogen-bond donors (Lipinski definition) is 1. The molecule has 1 amide bonds. The van der Waals surface area contributed by atoms with Crippen molar-refractivity contribution in [3.05, 3.63) is 11.1 Å². The highest BCUT2D eigenvalue weighted by atomic mass is 32.1. The molecule has 0 saturated heterocycles. The van der Waals surface area contributed by atoms with Crippen LogP contribution in [0, 0.1) is 18.3 Å². The Morgan fingerprint density at radius 2 is 2.36 bits per heavy atom. The van der Waals surface area contributed by atoms with Crippen LogP contribution in [-0.4, -0.2) is 10.9 Å². The van der Waals surface area contributed by atoms with Gasteiger partial charge in [0.25, 0.3) is 0 Å². The summed E-state index contributed by atoms with van der Waals surface area (Å²) in [5, 5.41) is 3.57. The predicted molar refractivity (Wildman–Crippen MR) is 57.4 cm³/mol. The molecule has 1 unspecified atom stereocenters. The predicted octanol–water partition coefficient (Wildman–Crippen LogP) is 2.44. The van der Waals surface area contributed by atoms with Crippen LogP contribution in [0.2, 0.25) is 0 Å². The van der Waals surface area contributed by atoms with Gasteiger partial charge in [-0.1, -0.05) is 13.8 Å². The number of carbonyl (C=O) groups excluding carboxylic acids is 1. The molecule has 4 heteroatoms. The fraction of sp³-hybridized carbons (Fsp3) is 0.600. The fourth-order valence-corrected chi connectivity index (χ4v) is 2.19. The molecule has 1 aromatic heterocycles. The van der Waals surface area contributed by atoms with Crippen LogP contribution in [0.4, 0.5) is 5.13 Å². The summed E-state index contributed by atoms with van der Waals surface area (Å²) in [7, 11) is 0. The minimum Gasteiger partial charge on any atom is -0.302 e. The molecule has 1 aliphatic carbocycles. The van der Waals surface area contributed by atoms with Crippen molar-refractivity contribution in [2.75, 3.05) is 5.32 Å². The first kappa shape index (κ1) is 9.65. The summed E-state index contributed by atoms with van der Waals surface area (Å²) < 4.78 is 0. The molecular formula is C10H14N2OS. The maximum atomic E-state index is 11.7. The van der Waals surface area contributed by atoms with Gasteiger partial charge in [0.1, 0.15) is 0 Å². The second kappa shape index (κ2) is 3.05. The Bertz CT molecular complexity index is 370. The topological polar surface area (TPSA) is 42.0 Å². The lowest BCUT2D eigenvalue weighted by atomic mass is 10.1. The first-order valence-corrected chi connectivity index (χ1v) is 5.54. The molecule has 2 rings (SSSR count). The Labute approximate surface area is 87.6 Å². The summed E-state index contributed by atoms with van der Waals surface area (Å²) in [5.74, 6) is 0.288. The van der Waals surface area contributed by atoms with Gasteiger partial charge in [-0.05, 0) is 18.8 Å². The zero-order chi connectivity index (χ0) is 10.3. The lowest BCUT2D eigenvalue weighted by molar-refractivity contribution is -0.117. The highest BCUT2D eigenvalue weighted by Gasteiger charge is 2.50. The molecule has 0 radical (unpaired) electrons. The maximum absolute atomic E-state index is 11.7. The van der Waals surface area contributed by atoms with Crippen molar-refractivity contribution in [3.63, 3.8) is 0 Å². The number of nitrogens with one attached hydrogen (secondary N) is 1. The molecule has 1 aromatic rings. The fourth-order valence-electron chi connectivity index (χ4n) is 1.52. The van der Waals surface area contributed by atoms with E-state index in [1.165, 1.54) is 11.3 Å². The first-order chi connectivity index (χ1) is 6.49. The number of rotatable bonds is 2. The van der Waals surface area contributed by atoms with E-state index < -0.39 is 0 Å². The Morgan fingerprint density at radius 1 is 1.71 bits per heavy atom. The van der Waals surface area contributed by atoms with E-state index in [2.05, 4.69) is 24.1 Å². The molecule has 76 valence electrons. The number of anilines is 1. The monoisotopic (exact) mass is 210 g/mol. The number of hydrogen-bond acceptors (Lipinski definition) is 3. The highest BCUT2D eigenvalue weighted by Crippen LogP contribution is 2.52. The highest BCUT2D eigenvalue weighted by molar-refractivity contribution is 7.15. The SMILES string of the molecule is Cc1cnc(NC(=O)C2CC2(C)C)s1. The molecule has 0 aliphatic heterocycles. The molecule has 0 aromatic carbocycles. The Kier molecular flexibility index (Phi) is 2.10. The van der Waals surface area contributed by atoms with Gasteiger partial charge in [-0.3, -0.25) is 4.79 Å². The zero-order valence-electron chi connectivity index (χ0n) is 8.63. The standard InChI is InChI=1S/C10H14N2OS/c1-6-5-11-9(14-6)12-8(13)7-4-10(7,2)3/h5,7H,4H2,1-3H3,(H,11,12,13). The van der Waals surface area contributed by atoms with Gasteiger partial charge in [-0.25, -0.2) is 4.98 Å². The first-order valence-electron chi connectivity index (χ1n) is 4.72. The summed E-state index contributed by atoms with van der Waals surface area (Å²) in [6.07, 6.45) is 2.77. The quantitative estimate of drug-likeness (QED) is 0.814. The average molecular weight is 210 g/mol.